The third-order valence-electron chi connectivity index (χ3n) is 3.82. The lowest BCUT2D eigenvalue weighted by molar-refractivity contribution is 0.247. The van der Waals surface area contributed by atoms with Gasteiger partial charge in [0.1, 0.15) is 11.0 Å². The van der Waals surface area contributed by atoms with E-state index in [4.69, 9.17) is 16.9 Å². The zero-order chi connectivity index (χ0) is 13.2. The molecule has 4 nitrogen and oxygen atoms in total. The Morgan fingerprint density at radius 1 is 1.26 bits per heavy atom. The standard InChI is InChI=1S/C14H17ClN4/c15-13-7-12(9-16)8-14(17-13)19-5-3-18(4-6-19)10-11-1-2-11/h7-8,11H,1-6,10H2. The maximum atomic E-state index is 8.97. The highest BCUT2D eigenvalue weighted by Crippen LogP contribution is 2.30. The molecule has 19 heavy (non-hydrogen) atoms. The lowest BCUT2D eigenvalue weighted by Crippen LogP contribution is -2.47. The van der Waals surface area contributed by atoms with E-state index in [2.05, 4.69) is 20.9 Å². The summed E-state index contributed by atoms with van der Waals surface area (Å²) >= 11 is 5.95. The van der Waals surface area contributed by atoms with E-state index in [1.54, 1.807) is 6.07 Å². The summed E-state index contributed by atoms with van der Waals surface area (Å²) in [7, 11) is 0. The number of hydrogen-bond acceptors (Lipinski definition) is 4. The first-order valence-electron chi connectivity index (χ1n) is 6.79. The Bertz CT molecular complexity index is 499. The zero-order valence-electron chi connectivity index (χ0n) is 10.8. The Morgan fingerprint density at radius 2 is 2.00 bits per heavy atom. The number of aromatic nitrogens is 1. The van der Waals surface area contributed by atoms with Gasteiger partial charge in [-0.05, 0) is 30.9 Å². The summed E-state index contributed by atoms with van der Waals surface area (Å²) in [6.07, 6.45) is 2.81. The third-order valence-corrected chi connectivity index (χ3v) is 4.01. The van der Waals surface area contributed by atoms with Crippen LogP contribution in [0.2, 0.25) is 5.15 Å². The molecule has 1 aromatic rings. The number of rotatable bonds is 3. The van der Waals surface area contributed by atoms with Crippen LogP contribution in [0.25, 0.3) is 0 Å². The zero-order valence-corrected chi connectivity index (χ0v) is 11.6. The largest absolute Gasteiger partial charge is 0.354 e. The van der Waals surface area contributed by atoms with E-state index in [-0.39, 0.29) is 0 Å². The normalized spacial score (nSPS) is 20.3. The maximum absolute atomic E-state index is 8.97. The first-order valence-corrected chi connectivity index (χ1v) is 7.17. The summed E-state index contributed by atoms with van der Waals surface area (Å²) in [6.45, 7) is 5.33. The van der Waals surface area contributed by atoms with E-state index in [9.17, 15) is 0 Å². The highest BCUT2D eigenvalue weighted by atomic mass is 35.5. The van der Waals surface area contributed by atoms with Gasteiger partial charge in [-0.15, -0.1) is 0 Å². The van der Waals surface area contributed by atoms with Crippen LogP contribution >= 0.6 is 11.6 Å². The van der Waals surface area contributed by atoms with E-state index < -0.39 is 0 Å². The second-order valence-corrected chi connectivity index (χ2v) is 5.77. The molecule has 0 unspecified atom stereocenters. The van der Waals surface area contributed by atoms with Gasteiger partial charge < -0.3 is 4.90 Å². The van der Waals surface area contributed by atoms with Gasteiger partial charge in [-0.1, -0.05) is 11.6 Å². The third kappa shape index (κ3) is 3.17. The monoisotopic (exact) mass is 276 g/mol. The van der Waals surface area contributed by atoms with E-state index in [1.807, 2.05) is 6.07 Å². The van der Waals surface area contributed by atoms with Gasteiger partial charge in [-0.3, -0.25) is 4.90 Å². The van der Waals surface area contributed by atoms with Crippen molar-refractivity contribution in [2.75, 3.05) is 37.6 Å². The van der Waals surface area contributed by atoms with Gasteiger partial charge >= 0.3 is 0 Å². The number of nitriles is 1. The molecule has 0 N–H and O–H groups in total. The summed E-state index contributed by atoms with van der Waals surface area (Å²) in [5.41, 5.74) is 0.579. The Morgan fingerprint density at radius 3 is 2.63 bits per heavy atom. The van der Waals surface area contributed by atoms with Crippen LogP contribution in [0.3, 0.4) is 0 Å². The van der Waals surface area contributed by atoms with Crippen LogP contribution in [0.5, 0.6) is 0 Å². The molecule has 0 radical (unpaired) electrons. The molecule has 100 valence electrons. The molecule has 1 aliphatic carbocycles. The van der Waals surface area contributed by atoms with Crippen molar-refractivity contribution in [3.63, 3.8) is 0 Å². The molecule has 2 fully saturated rings. The molecule has 0 atom stereocenters. The predicted molar refractivity (Wildman–Crippen MR) is 75.3 cm³/mol. The van der Waals surface area contributed by atoms with Gasteiger partial charge in [0.05, 0.1) is 11.6 Å². The maximum Gasteiger partial charge on any atom is 0.132 e. The smallest absolute Gasteiger partial charge is 0.132 e. The molecule has 5 heteroatoms. The summed E-state index contributed by atoms with van der Waals surface area (Å²) in [4.78, 5) is 9.08. The van der Waals surface area contributed by atoms with E-state index in [0.717, 1.165) is 37.9 Å². The van der Waals surface area contributed by atoms with Crippen molar-refractivity contribution in [3.8, 4) is 6.07 Å². The molecule has 2 heterocycles. The fourth-order valence-corrected chi connectivity index (χ4v) is 2.74. The minimum absolute atomic E-state index is 0.398. The van der Waals surface area contributed by atoms with Crippen LogP contribution in [-0.4, -0.2) is 42.6 Å². The minimum Gasteiger partial charge on any atom is -0.354 e. The molecular formula is C14H17ClN4. The van der Waals surface area contributed by atoms with Crippen molar-refractivity contribution in [3.05, 3.63) is 22.8 Å². The molecule has 3 rings (SSSR count). The molecule has 0 spiro atoms. The molecule has 1 aliphatic heterocycles. The number of hydrogen-bond donors (Lipinski definition) is 0. The van der Waals surface area contributed by atoms with Gasteiger partial charge in [0.25, 0.3) is 0 Å². The first-order chi connectivity index (χ1) is 9.24. The molecular weight excluding hydrogens is 260 g/mol. The van der Waals surface area contributed by atoms with Crippen molar-refractivity contribution in [1.29, 1.82) is 5.26 Å². The van der Waals surface area contributed by atoms with Crippen LogP contribution in [0.15, 0.2) is 12.1 Å². The number of pyridine rings is 1. The van der Waals surface area contributed by atoms with E-state index >= 15 is 0 Å². The predicted octanol–water partition coefficient (Wildman–Crippen LogP) is 2.14. The van der Waals surface area contributed by atoms with Gasteiger partial charge in [-0.25, -0.2) is 4.98 Å². The van der Waals surface area contributed by atoms with Gasteiger partial charge in [0.15, 0.2) is 0 Å². The van der Waals surface area contributed by atoms with Crippen molar-refractivity contribution in [2.24, 2.45) is 5.92 Å². The summed E-state index contributed by atoms with van der Waals surface area (Å²) < 4.78 is 0. The van der Waals surface area contributed by atoms with E-state index in [1.165, 1.54) is 19.4 Å². The second-order valence-electron chi connectivity index (χ2n) is 5.38. The summed E-state index contributed by atoms with van der Waals surface area (Å²) in [5.74, 6) is 1.77. The van der Waals surface area contributed by atoms with Gasteiger partial charge in [0.2, 0.25) is 0 Å². The molecule has 1 saturated carbocycles. The Labute approximate surface area is 118 Å². The summed E-state index contributed by atoms with van der Waals surface area (Å²) in [6, 6.07) is 5.56. The average Bonchev–Trinajstić information content (AvgIpc) is 3.23. The topological polar surface area (TPSA) is 43.2 Å². The molecule has 0 aromatic carbocycles. The lowest BCUT2D eigenvalue weighted by Gasteiger charge is -2.35. The minimum atomic E-state index is 0.398. The van der Waals surface area contributed by atoms with Crippen LogP contribution in [0, 0.1) is 17.2 Å². The van der Waals surface area contributed by atoms with Gasteiger partial charge in [-0.2, -0.15) is 5.26 Å². The Kier molecular flexibility index (Phi) is 3.58. The lowest BCUT2D eigenvalue weighted by atomic mass is 10.2. The van der Waals surface area contributed by atoms with Gasteiger partial charge in [0, 0.05) is 32.7 Å². The summed E-state index contributed by atoms with van der Waals surface area (Å²) in [5, 5.41) is 9.37. The van der Waals surface area contributed by atoms with Crippen molar-refractivity contribution < 1.29 is 0 Å². The molecule has 1 aromatic heterocycles. The molecule has 0 amide bonds. The van der Waals surface area contributed by atoms with Crippen LogP contribution < -0.4 is 4.90 Å². The fraction of sp³-hybridized carbons (Fsp3) is 0.571. The molecule has 2 aliphatic rings. The van der Waals surface area contributed by atoms with Crippen LogP contribution in [0.4, 0.5) is 5.82 Å². The number of piperazine rings is 1. The molecule has 0 bridgehead atoms. The Hall–Kier alpha value is -1.31. The number of anilines is 1. The highest BCUT2D eigenvalue weighted by molar-refractivity contribution is 6.29. The van der Waals surface area contributed by atoms with Crippen LogP contribution in [0.1, 0.15) is 18.4 Å². The fourth-order valence-electron chi connectivity index (χ4n) is 2.53. The number of nitrogens with zero attached hydrogens (tertiary/aromatic N) is 4. The Balaban J connectivity index is 1.64. The first kappa shape index (κ1) is 12.7. The SMILES string of the molecule is N#Cc1cc(Cl)nc(N2CCN(CC3CC3)CC2)c1. The highest BCUT2D eigenvalue weighted by Gasteiger charge is 2.26. The molecule has 1 saturated heterocycles. The number of halogens is 1. The van der Waals surface area contributed by atoms with Crippen molar-refractivity contribution in [1.82, 2.24) is 9.88 Å². The van der Waals surface area contributed by atoms with Crippen molar-refractivity contribution in [2.45, 2.75) is 12.8 Å². The van der Waals surface area contributed by atoms with Crippen molar-refractivity contribution >= 4 is 17.4 Å². The average molecular weight is 277 g/mol. The second kappa shape index (κ2) is 5.36. The van der Waals surface area contributed by atoms with E-state index in [0.29, 0.717) is 10.7 Å². The quantitative estimate of drug-likeness (QED) is 0.794. The van der Waals surface area contributed by atoms with Crippen LogP contribution in [-0.2, 0) is 0 Å².